The highest BCUT2D eigenvalue weighted by Crippen LogP contribution is 2.32. The Morgan fingerprint density at radius 3 is 2.62 bits per heavy atom. The molecule has 1 heterocycles. The van der Waals surface area contributed by atoms with Crippen molar-refractivity contribution in [1.82, 2.24) is 5.32 Å². The van der Waals surface area contributed by atoms with Crippen molar-refractivity contribution in [3.8, 4) is 0 Å². The average Bonchev–Trinajstić information content (AvgIpc) is 3.22. The summed E-state index contributed by atoms with van der Waals surface area (Å²) < 4.78 is 5.50. The van der Waals surface area contributed by atoms with Gasteiger partial charge in [0.2, 0.25) is 5.91 Å². The summed E-state index contributed by atoms with van der Waals surface area (Å²) in [6, 6.07) is 9.78. The maximum atomic E-state index is 12.3. The standard InChI is InChI=1S/C20H20Cl3N3O3/c21-15-8-17(23)18(9-16(15)22)24-11-19(27)26-13-4-1-3-12(7-13)20(28)25-10-14-5-2-6-29-14/h1,3-4,7-9,14,24H,2,5-6,10-11H2,(H,25,28)(H,26,27). The van der Waals surface area contributed by atoms with Crippen molar-refractivity contribution in [1.29, 1.82) is 0 Å². The molecule has 9 heteroatoms. The number of hydrogen-bond donors (Lipinski definition) is 3. The smallest absolute Gasteiger partial charge is 0.251 e. The Morgan fingerprint density at radius 2 is 1.86 bits per heavy atom. The molecule has 0 spiro atoms. The number of ether oxygens (including phenoxy) is 1. The van der Waals surface area contributed by atoms with Crippen molar-refractivity contribution in [2.75, 3.05) is 30.3 Å². The van der Waals surface area contributed by atoms with Gasteiger partial charge in [0.25, 0.3) is 5.91 Å². The Kier molecular flexibility index (Phi) is 7.61. The molecule has 6 nitrogen and oxygen atoms in total. The van der Waals surface area contributed by atoms with Crippen molar-refractivity contribution in [3.05, 3.63) is 57.0 Å². The van der Waals surface area contributed by atoms with E-state index in [0.717, 1.165) is 19.4 Å². The van der Waals surface area contributed by atoms with Crippen LogP contribution < -0.4 is 16.0 Å². The molecule has 3 N–H and O–H groups in total. The number of nitrogens with one attached hydrogen (secondary N) is 3. The summed E-state index contributed by atoms with van der Waals surface area (Å²) in [6.07, 6.45) is 2.04. The number of carbonyl (C=O) groups is 2. The summed E-state index contributed by atoms with van der Waals surface area (Å²) in [5.74, 6) is -0.513. The van der Waals surface area contributed by atoms with Crippen LogP contribution in [0.25, 0.3) is 0 Å². The molecule has 1 aliphatic heterocycles. The van der Waals surface area contributed by atoms with Crippen LogP contribution in [-0.4, -0.2) is 37.6 Å². The molecule has 2 aromatic carbocycles. The lowest BCUT2D eigenvalue weighted by Crippen LogP contribution is -2.31. The number of benzene rings is 2. The third kappa shape index (κ3) is 6.24. The van der Waals surface area contributed by atoms with E-state index in [1.54, 1.807) is 30.3 Å². The molecule has 0 saturated carbocycles. The molecule has 1 aliphatic rings. The SMILES string of the molecule is O=C(CNc1cc(Cl)c(Cl)cc1Cl)Nc1cccc(C(=O)NCC2CCCO2)c1. The second kappa shape index (κ2) is 10.2. The first-order chi connectivity index (χ1) is 13.9. The molecular weight excluding hydrogens is 437 g/mol. The first-order valence-corrected chi connectivity index (χ1v) is 10.2. The van der Waals surface area contributed by atoms with Crippen LogP contribution in [0, 0.1) is 0 Å². The van der Waals surface area contributed by atoms with Gasteiger partial charge in [-0.2, -0.15) is 0 Å². The summed E-state index contributed by atoms with van der Waals surface area (Å²) in [5.41, 5.74) is 1.47. The van der Waals surface area contributed by atoms with Gasteiger partial charge in [-0.05, 0) is 43.2 Å². The van der Waals surface area contributed by atoms with E-state index in [-0.39, 0.29) is 24.5 Å². The zero-order valence-electron chi connectivity index (χ0n) is 15.4. The van der Waals surface area contributed by atoms with E-state index in [1.165, 1.54) is 6.07 Å². The quantitative estimate of drug-likeness (QED) is 0.532. The summed E-state index contributed by atoms with van der Waals surface area (Å²) >= 11 is 17.9. The maximum absolute atomic E-state index is 12.3. The van der Waals surface area contributed by atoms with Gasteiger partial charge in [0.15, 0.2) is 0 Å². The highest BCUT2D eigenvalue weighted by molar-refractivity contribution is 6.44. The second-order valence-corrected chi connectivity index (χ2v) is 7.80. The first-order valence-electron chi connectivity index (χ1n) is 9.10. The molecule has 0 aliphatic carbocycles. The minimum Gasteiger partial charge on any atom is -0.376 e. The normalized spacial score (nSPS) is 15.8. The summed E-state index contributed by atoms with van der Waals surface area (Å²) in [4.78, 5) is 24.6. The van der Waals surface area contributed by atoms with E-state index in [4.69, 9.17) is 39.5 Å². The molecule has 1 fully saturated rings. The minimum absolute atomic E-state index is 0.0346. The Labute approximate surface area is 183 Å². The first kappa shape index (κ1) is 21.7. The molecule has 2 amide bonds. The van der Waals surface area contributed by atoms with Gasteiger partial charge >= 0.3 is 0 Å². The molecule has 1 atom stereocenters. The summed E-state index contributed by atoms with van der Waals surface area (Å²) in [5, 5.41) is 9.54. The molecule has 3 rings (SSSR count). The number of anilines is 2. The van der Waals surface area contributed by atoms with Gasteiger partial charge in [0.1, 0.15) is 0 Å². The highest BCUT2D eigenvalue weighted by atomic mass is 35.5. The van der Waals surface area contributed by atoms with Gasteiger partial charge in [-0.3, -0.25) is 9.59 Å². The Bertz CT molecular complexity index is 902. The third-order valence-corrected chi connectivity index (χ3v) is 5.41. The zero-order valence-corrected chi connectivity index (χ0v) is 17.7. The summed E-state index contributed by atoms with van der Waals surface area (Å²) in [6.45, 7) is 1.18. The fourth-order valence-corrected chi connectivity index (χ4v) is 3.50. The number of rotatable bonds is 7. The van der Waals surface area contributed by atoms with Crippen LogP contribution in [0.3, 0.4) is 0 Å². The fraction of sp³-hybridized carbons (Fsp3) is 0.300. The Hall–Kier alpha value is -1.99. The number of carbonyl (C=O) groups excluding carboxylic acids is 2. The number of hydrogen-bond acceptors (Lipinski definition) is 4. The van der Waals surface area contributed by atoms with E-state index in [1.807, 2.05) is 0 Å². The van der Waals surface area contributed by atoms with Gasteiger partial charge in [-0.25, -0.2) is 0 Å². The van der Waals surface area contributed by atoms with Crippen LogP contribution in [0.4, 0.5) is 11.4 Å². The highest BCUT2D eigenvalue weighted by Gasteiger charge is 2.17. The van der Waals surface area contributed by atoms with Crippen LogP contribution in [-0.2, 0) is 9.53 Å². The van der Waals surface area contributed by atoms with Gasteiger partial charge in [-0.15, -0.1) is 0 Å². The van der Waals surface area contributed by atoms with Gasteiger partial charge < -0.3 is 20.7 Å². The van der Waals surface area contributed by atoms with Crippen LogP contribution in [0.2, 0.25) is 15.1 Å². The monoisotopic (exact) mass is 455 g/mol. The molecule has 1 saturated heterocycles. The van der Waals surface area contributed by atoms with Crippen molar-refractivity contribution in [3.63, 3.8) is 0 Å². The predicted molar refractivity (Wildman–Crippen MR) is 116 cm³/mol. The van der Waals surface area contributed by atoms with E-state index >= 15 is 0 Å². The molecule has 0 aromatic heterocycles. The van der Waals surface area contributed by atoms with Crippen molar-refractivity contribution in [2.24, 2.45) is 0 Å². The van der Waals surface area contributed by atoms with Crippen molar-refractivity contribution >= 4 is 58.0 Å². The largest absolute Gasteiger partial charge is 0.376 e. The Balaban J connectivity index is 1.53. The zero-order chi connectivity index (χ0) is 20.8. The molecule has 154 valence electrons. The van der Waals surface area contributed by atoms with E-state index in [2.05, 4.69) is 16.0 Å². The molecule has 0 radical (unpaired) electrons. The molecule has 1 unspecified atom stereocenters. The average molecular weight is 457 g/mol. The number of amides is 2. The van der Waals surface area contributed by atoms with Crippen LogP contribution in [0.1, 0.15) is 23.2 Å². The van der Waals surface area contributed by atoms with E-state index in [9.17, 15) is 9.59 Å². The minimum atomic E-state index is -0.302. The summed E-state index contributed by atoms with van der Waals surface area (Å²) in [7, 11) is 0. The van der Waals surface area contributed by atoms with Gasteiger partial charge in [0, 0.05) is 24.4 Å². The lowest BCUT2D eigenvalue weighted by atomic mass is 10.1. The number of halogens is 3. The van der Waals surface area contributed by atoms with Crippen LogP contribution in [0.15, 0.2) is 36.4 Å². The Morgan fingerprint density at radius 1 is 1.07 bits per heavy atom. The third-order valence-electron chi connectivity index (χ3n) is 4.37. The van der Waals surface area contributed by atoms with Crippen LogP contribution >= 0.6 is 34.8 Å². The second-order valence-electron chi connectivity index (χ2n) is 6.57. The van der Waals surface area contributed by atoms with Crippen molar-refractivity contribution < 1.29 is 14.3 Å². The van der Waals surface area contributed by atoms with Crippen LogP contribution in [0.5, 0.6) is 0 Å². The molecule has 29 heavy (non-hydrogen) atoms. The maximum Gasteiger partial charge on any atom is 0.251 e. The van der Waals surface area contributed by atoms with Crippen molar-refractivity contribution in [2.45, 2.75) is 18.9 Å². The fourth-order valence-electron chi connectivity index (χ4n) is 2.89. The van der Waals surface area contributed by atoms with E-state index < -0.39 is 0 Å². The lowest BCUT2D eigenvalue weighted by Gasteiger charge is -2.12. The van der Waals surface area contributed by atoms with E-state index in [0.29, 0.717) is 38.6 Å². The lowest BCUT2D eigenvalue weighted by molar-refractivity contribution is -0.114. The molecule has 2 aromatic rings. The molecular formula is C20H20Cl3N3O3. The van der Waals surface area contributed by atoms with Gasteiger partial charge in [-0.1, -0.05) is 40.9 Å². The topological polar surface area (TPSA) is 79.5 Å². The predicted octanol–water partition coefficient (Wildman–Crippen LogP) is 4.61. The molecule has 0 bridgehead atoms. The van der Waals surface area contributed by atoms with Gasteiger partial charge in [0.05, 0.1) is 33.4 Å².